The fraction of sp³-hybridized carbons (Fsp3) is 0.667. The van der Waals surface area contributed by atoms with Crippen LogP contribution in [0.5, 0.6) is 0 Å². The molecule has 3 unspecified atom stereocenters. The summed E-state index contributed by atoms with van der Waals surface area (Å²) in [5, 5.41) is 5.91. The monoisotopic (exact) mass is 287 g/mol. The van der Waals surface area contributed by atoms with Crippen LogP contribution in [0.1, 0.15) is 44.0 Å². The van der Waals surface area contributed by atoms with Gasteiger partial charge in [0.25, 0.3) is 0 Å². The van der Waals surface area contributed by atoms with Gasteiger partial charge >= 0.3 is 0 Å². The minimum atomic E-state index is 0.492. The molecule has 0 aromatic carbocycles. The first-order valence-corrected chi connectivity index (χ1v) is 7.34. The first kappa shape index (κ1) is 11.6. The molecule has 0 aliphatic heterocycles. The molecule has 1 aromatic heterocycles. The van der Waals surface area contributed by atoms with Gasteiger partial charge in [0, 0.05) is 26.8 Å². The zero-order chi connectivity index (χ0) is 10.8. The highest BCUT2D eigenvalue weighted by Gasteiger charge is 2.24. The Hall–Kier alpha value is 0.140. The largest absolute Gasteiger partial charge is 0.306 e. The average molecular weight is 288 g/mol. The molecule has 84 valence electrons. The van der Waals surface area contributed by atoms with E-state index in [1.807, 2.05) is 11.3 Å². The van der Waals surface area contributed by atoms with Gasteiger partial charge in [0.2, 0.25) is 0 Å². The third-order valence-corrected chi connectivity index (χ3v) is 5.22. The standard InChI is InChI=1S/C12H18BrNS/c1-8-4-3-5-11(8)14-9(2)12-6-10(13)7-15-12/h6-9,11,14H,3-5H2,1-2H3. The number of rotatable bonds is 3. The van der Waals surface area contributed by atoms with Gasteiger partial charge in [0.15, 0.2) is 0 Å². The van der Waals surface area contributed by atoms with Gasteiger partial charge in [0.1, 0.15) is 0 Å². The molecule has 0 bridgehead atoms. The average Bonchev–Trinajstić information content (AvgIpc) is 2.77. The second-order valence-corrected chi connectivity index (χ2v) is 6.43. The molecular formula is C12H18BrNS. The lowest BCUT2D eigenvalue weighted by atomic mass is 10.1. The van der Waals surface area contributed by atoms with Crippen molar-refractivity contribution in [2.24, 2.45) is 5.92 Å². The molecule has 3 heteroatoms. The van der Waals surface area contributed by atoms with Crippen LogP contribution in [-0.2, 0) is 0 Å². The Bertz CT molecular complexity index is 323. The van der Waals surface area contributed by atoms with Crippen LogP contribution >= 0.6 is 27.3 Å². The van der Waals surface area contributed by atoms with Gasteiger partial charge in [0.05, 0.1) is 0 Å². The maximum Gasteiger partial charge on any atom is 0.0388 e. The fourth-order valence-electron chi connectivity index (χ4n) is 2.35. The van der Waals surface area contributed by atoms with Crippen molar-refractivity contribution in [3.05, 3.63) is 20.8 Å². The second-order valence-electron chi connectivity index (χ2n) is 4.57. The number of halogens is 1. The Kier molecular flexibility index (Phi) is 3.86. The molecule has 0 spiro atoms. The number of hydrogen-bond donors (Lipinski definition) is 1. The van der Waals surface area contributed by atoms with Crippen molar-refractivity contribution in [3.8, 4) is 0 Å². The second kappa shape index (κ2) is 4.98. The van der Waals surface area contributed by atoms with Gasteiger partial charge in [-0.2, -0.15) is 0 Å². The Morgan fingerprint density at radius 3 is 2.87 bits per heavy atom. The van der Waals surface area contributed by atoms with Crippen molar-refractivity contribution in [1.82, 2.24) is 5.32 Å². The molecule has 2 rings (SSSR count). The van der Waals surface area contributed by atoms with Crippen LogP contribution in [0, 0.1) is 5.92 Å². The van der Waals surface area contributed by atoms with Gasteiger partial charge in [-0.25, -0.2) is 0 Å². The molecule has 0 amide bonds. The summed E-state index contributed by atoms with van der Waals surface area (Å²) in [6, 6.07) is 3.44. The van der Waals surface area contributed by atoms with E-state index in [0.29, 0.717) is 6.04 Å². The van der Waals surface area contributed by atoms with Crippen LogP contribution in [-0.4, -0.2) is 6.04 Å². The summed E-state index contributed by atoms with van der Waals surface area (Å²) >= 11 is 5.34. The van der Waals surface area contributed by atoms with Crippen LogP contribution in [0.4, 0.5) is 0 Å². The lowest BCUT2D eigenvalue weighted by Gasteiger charge is -2.22. The molecule has 1 heterocycles. The lowest BCUT2D eigenvalue weighted by Crippen LogP contribution is -2.32. The smallest absolute Gasteiger partial charge is 0.0388 e. The molecular weight excluding hydrogens is 270 g/mol. The van der Waals surface area contributed by atoms with Gasteiger partial charge in [-0.3, -0.25) is 0 Å². The summed E-state index contributed by atoms with van der Waals surface area (Å²) in [5.41, 5.74) is 0. The summed E-state index contributed by atoms with van der Waals surface area (Å²) in [5.74, 6) is 0.843. The van der Waals surface area contributed by atoms with E-state index in [2.05, 4.69) is 46.5 Å². The van der Waals surface area contributed by atoms with Gasteiger partial charge in [-0.05, 0) is 47.7 Å². The van der Waals surface area contributed by atoms with Gasteiger partial charge in [-0.1, -0.05) is 13.3 Å². The Morgan fingerprint density at radius 1 is 1.53 bits per heavy atom. The summed E-state index contributed by atoms with van der Waals surface area (Å²) < 4.78 is 1.20. The van der Waals surface area contributed by atoms with E-state index in [1.165, 1.54) is 28.6 Å². The van der Waals surface area contributed by atoms with Crippen LogP contribution in [0.25, 0.3) is 0 Å². The van der Waals surface area contributed by atoms with Crippen LogP contribution in [0.15, 0.2) is 15.9 Å². The van der Waals surface area contributed by atoms with E-state index in [4.69, 9.17) is 0 Å². The zero-order valence-corrected chi connectivity index (χ0v) is 11.7. The molecule has 1 fully saturated rings. The van der Waals surface area contributed by atoms with Crippen LogP contribution in [0.3, 0.4) is 0 Å². The Balaban J connectivity index is 1.94. The normalized spacial score (nSPS) is 28.2. The molecule has 1 aliphatic rings. The van der Waals surface area contributed by atoms with E-state index in [9.17, 15) is 0 Å². The first-order valence-electron chi connectivity index (χ1n) is 5.67. The minimum Gasteiger partial charge on any atom is -0.306 e. The Labute approximate surface area is 104 Å². The van der Waals surface area contributed by atoms with E-state index >= 15 is 0 Å². The van der Waals surface area contributed by atoms with Gasteiger partial charge in [-0.15, -0.1) is 11.3 Å². The number of hydrogen-bond acceptors (Lipinski definition) is 2. The van der Waals surface area contributed by atoms with Crippen molar-refractivity contribution in [2.75, 3.05) is 0 Å². The van der Waals surface area contributed by atoms with Crippen molar-refractivity contribution in [1.29, 1.82) is 0 Å². The molecule has 1 nitrogen and oxygen atoms in total. The predicted molar refractivity (Wildman–Crippen MR) is 70.4 cm³/mol. The number of thiophene rings is 1. The van der Waals surface area contributed by atoms with E-state index in [0.717, 1.165) is 12.0 Å². The number of nitrogens with one attached hydrogen (secondary N) is 1. The quantitative estimate of drug-likeness (QED) is 0.872. The molecule has 15 heavy (non-hydrogen) atoms. The minimum absolute atomic E-state index is 0.492. The molecule has 0 saturated heterocycles. The Morgan fingerprint density at radius 2 is 2.33 bits per heavy atom. The van der Waals surface area contributed by atoms with Crippen molar-refractivity contribution >= 4 is 27.3 Å². The molecule has 3 atom stereocenters. The summed E-state index contributed by atoms with van der Waals surface area (Å²) in [6.45, 7) is 4.63. The highest BCUT2D eigenvalue weighted by molar-refractivity contribution is 9.10. The molecule has 1 N–H and O–H groups in total. The van der Waals surface area contributed by atoms with E-state index in [1.54, 1.807) is 0 Å². The molecule has 1 aromatic rings. The topological polar surface area (TPSA) is 12.0 Å². The van der Waals surface area contributed by atoms with Gasteiger partial charge < -0.3 is 5.32 Å². The SMILES string of the molecule is CC(NC1CCCC1C)c1cc(Br)cs1. The first-order chi connectivity index (χ1) is 7.16. The van der Waals surface area contributed by atoms with E-state index < -0.39 is 0 Å². The molecule has 1 aliphatic carbocycles. The van der Waals surface area contributed by atoms with Crippen molar-refractivity contribution in [2.45, 2.75) is 45.2 Å². The fourth-order valence-corrected chi connectivity index (χ4v) is 3.81. The van der Waals surface area contributed by atoms with Crippen LogP contribution < -0.4 is 5.32 Å². The third kappa shape index (κ3) is 2.83. The third-order valence-electron chi connectivity index (χ3n) is 3.34. The van der Waals surface area contributed by atoms with E-state index in [-0.39, 0.29) is 0 Å². The highest BCUT2D eigenvalue weighted by Crippen LogP contribution is 2.30. The summed E-state index contributed by atoms with van der Waals surface area (Å²) in [6.07, 6.45) is 4.12. The highest BCUT2D eigenvalue weighted by atomic mass is 79.9. The van der Waals surface area contributed by atoms with Crippen LogP contribution in [0.2, 0.25) is 0 Å². The molecule has 0 radical (unpaired) electrons. The molecule has 1 saturated carbocycles. The summed E-state index contributed by atoms with van der Waals surface area (Å²) in [4.78, 5) is 1.43. The predicted octanol–water partition coefficient (Wildman–Crippen LogP) is 4.35. The van der Waals surface area contributed by atoms with Crippen molar-refractivity contribution < 1.29 is 0 Å². The zero-order valence-electron chi connectivity index (χ0n) is 9.29. The lowest BCUT2D eigenvalue weighted by molar-refractivity contribution is 0.391. The van der Waals surface area contributed by atoms with Crippen molar-refractivity contribution in [3.63, 3.8) is 0 Å². The summed E-state index contributed by atoms with van der Waals surface area (Å²) in [7, 11) is 0. The maximum atomic E-state index is 3.75. The maximum absolute atomic E-state index is 3.75.